The lowest BCUT2D eigenvalue weighted by Gasteiger charge is -2.19. The van der Waals surface area contributed by atoms with Gasteiger partial charge in [0.2, 0.25) is 0 Å². The zero-order valence-electron chi connectivity index (χ0n) is 16.9. The fourth-order valence-corrected chi connectivity index (χ4v) is 3.49. The molecule has 1 heterocycles. The molecule has 0 aliphatic carbocycles. The molecule has 0 saturated carbocycles. The standard InChI is InChI=1S/C22H20ClNO6/c1-12-20(22(27)30-4)15(9-13-5-7-17(25)19(10-13)29-3)21(26)24(12)14-6-8-18(28-2)16(23)11-14/h5-11,25H,1-4H3/b15-9-. The number of rotatable bonds is 5. The van der Waals surface area contributed by atoms with Crippen LogP contribution >= 0.6 is 11.6 Å². The predicted molar refractivity (Wildman–Crippen MR) is 113 cm³/mol. The van der Waals surface area contributed by atoms with Crippen LogP contribution in [0, 0.1) is 0 Å². The first-order valence-corrected chi connectivity index (χ1v) is 9.26. The first-order valence-electron chi connectivity index (χ1n) is 8.88. The van der Waals surface area contributed by atoms with E-state index in [9.17, 15) is 14.7 Å². The van der Waals surface area contributed by atoms with Gasteiger partial charge in [-0.25, -0.2) is 4.79 Å². The van der Waals surface area contributed by atoms with Crippen LogP contribution in [0.3, 0.4) is 0 Å². The molecular weight excluding hydrogens is 410 g/mol. The summed E-state index contributed by atoms with van der Waals surface area (Å²) < 4.78 is 15.2. The van der Waals surface area contributed by atoms with Crippen LogP contribution in [0.1, 0.15) is 12.5 Å². The van der Waals surface area contributed by atoms with E-state index in [-0.39, 0.29) is 22.6 Å². The number of allylic oxidation sites excluding steroid dienone is 1. The van der Waals surface area contributed by atoms with Gasteiger partial charge in [-0.3, -0.25) is 9.69 Å². The maximum absolute atomic E-state index is 13.3. The maximum atomic E-state index is 13.3. The average molecular weight is 430 g/mol. The summed E-state index contributed by atoms with van der Waals surface area (Å²) in [6, 6.07) is 9.52. The number of anilines is 1. The van der Waals surface area contributed by atoms with E-state index in [2.05, 4.69) is 0 Å². The van der Waals surface area contributed by atoms with Gasteiger partial charge >= 0.3 is 5.97 Å². The van der Waals surface area contributed by atoms with Gasteiger partial charge in [0.25, 0.3) is 5.91 Å². The normalized spacial score (nSPS) is 15.0. The Hall–Kier alpha value is -3.45. The van der Waals surface area contributed by atoms with Crippen LogP contribution in [-0.4, -0.2) is 38.3 Å². The minimum Gasteiger partial charge on any atom is -0.504 e. The first-order chi connectivity index (χ1) is 14.3. The molecule has 7 nitrogen and oxygen atoms in total. The van der Waals surface area contributed by atoms with Crippen LogP contribution < -0.4 is 14.4 Å². The molecule has 2 aromatic carbocycles. The van der Waals surface area contributed by atoms with Gasteiger partial charge in [-0.1, -0.05) is 17.7 Å². The quantitative estimate of drug-likeness (QED) is 0.572. The van der Waals surface area contributed by atoms with Crippen molar-refractivity contribution in [2.75, 3.05) is 26.2 Å². The molecule has 3 rings (SSSR count). The summed E-state index contributed by atoms with van der Waals surface area (Å²) in [4.78, 5) is 27.2. The Bertz CT molecular complexity index is 1090. The third kappa shape index (κ3) is 3.71. The van der Waals surface area contributed by atoms with Crippen LogP contribution in [0.2, 0.25) is 5.02 Å². The molecule has 0 saturated heterocycles. The number of amides is 1. The fraction of sp³-hybridized carbons (Fsp3) is 0.182. The number of aromatic hydroxyl groups is 1. The Kier molecular flexibility index (Phi) is 6.03. The first kappa shape index (κ1) is 21.3. The van der Waals surface area contributed by atoms with Crippen LogP contribution in [0.5, 0.6) is 17.2 Å². The monoisotopic (exact) mass is 429 g/mol. The number of esters is 1. The second kappa shape index (κ2) is 8.51. The smallest absolute Gasteiger partial charge is 0.340 e. The number of hydrogen-bond donors (Lipinski definition) is 1. The van der Waals surface area contributed by atoms with Gasteiger partial charge in [0.15, 0.2) is 11.5 Å². The number of phenolic OH excluding ortho intramolecular Hbond substituents is 1. The molecule has 1 aliphatic rings. The Morgan fingerprint density at radius 1 is 1.07 bits per heavy atom. The van der Waals surface area contributed by atoms with E-state index in [1.165, 1.54) is 32.3 Å². The number of hydrogen-bond acceptors (Lipinski definition) is 6. The van der Waals surface area contributed by atoms with Gasteiger partial charge < -0.3 is 19.3 Å². The van der Waals surface area contributed by atoms with Crippen molar-refractivity contribution in [1.82, 2.24) is 0 Å². The largest absolute Gasteiger partial charge is 0.504 e. The lowest BCUT2D eigenvalue weighted by molar-refractivity contribution is -0.136. The number of halogens is 1. The van der Waals surface area contributed by atoms with E-state index in [0.29, 0.717) is 27.7 Å². The highest BCUT2D eigenvalue weighted by atomic mass is 35.5. The molecule has 0 bridgehead atoms. The molecule has 1 aliphatic heterocycles. The maximum Gasteiger partial charge on any atom is 0.340 e. The number of carbonyl (C=O) groups excluding carboxylic acids is 2. The van der Waals surface area contributed by atoms with Gasteiger partial charge in [-0.15, -0.1) is 0 Å². The van der Waals surface area contributed by atoms with Gasteiger partial charge in [0, 0.05) is 5.70 Å². The predicted octanol–water partition coefficient (Wildman–Crippen LogP) is 3.94. The van der Waals surface area contributed by atoms with E-state index in [4.69, 9.17) is 25.8 Å². The highest BCUT2D eigenvalue weighted by Crippen LogP contribution is 2.38. The van der Waals surface area contributed by atoms with Gasteiger partial charge in [-0.2, -0.15) is 0 Å². The lowest BCUT2D eigenvalue weighted by atomic mass is 10.0. The molecule has 1 amide bonds. The van der Waals surface area contributed by atoms with Gasteiger partial charge in [0.1, 0.15) is 5.75 Å². The summed E-state index contributed by atoms with van der Waals surface area (Å²) in [5.74, 6) is -0.379. The number of nitrogens with zero attached hydrogens (tertiary/aromatic N) is 1. The number of ether oxygens (including phenoxy) is 3. The summed E-state index contributed by atoms with van der Waals surface area (Å²) >= 11 is 6.22. The SMILES string of the molecule is COC(=O)C1=C(C)N(c2ccc(OC)c(Cl)c2)C(=O)/C1=C\c1ccc(O)c(OC)c1. The molecule has 0 radical (unpaired) electrons. The van der Waals surface area contributed by atoms with Crippen LogP contribution in [0.25, 0.3) is 6.08 Å². The van der Waals surface area contributed by atoms with Gasteiger partial charge in [-0.05, 0) is 48.9 Å². The molecule has 30 heavy (non-hydrogen) atoms. The summed E-state index contributed by atoms with van der Waals surface area (Å²) in [6.45, 7) is 1.65. The Balaban J connectivity index is 2.13. The third-order valence-corrected chi connectivity index (χ3v) is 4.99. The zero-order valence-corrected chi connectivity index (χ0v) is 17.6. The molecule has 0 atom stereocenters. The lowest BCUT2D eigenvalue weighted by Crippen LogP contribution is -2.24. The van der Waals surface area contributed by atoms with Gasteiger partial charge in [0.05, 0.1) is 43.2 Å². The highest BCUT2D eigenvalue weighted by molar-refractivity contribution is 6.32. The number of phenols is 1. The second-order valence-corrected chi connectivity index (χ2v) is 6.81. The van der Waals surface area contributed by atoms with E-state index in [0.717, 1.165) is 0 Å². The minimum absolute atomic E-state index is 0.0354. The summed E-state index contributed by atoms with van der Waals surface area (Å²) in [6.07, 6.45) is 1.55. The molecule has 0 spiro atoms. The topological polar surface area (TPSA) is 85.3 Å². The van der Waals surface area contributed by atoms with E-state index in [1.807, 2.05) is 0 Å². The molecule has 0 aromatic heterocycles. The molecular formula is C22H20ClNO6. The Morgan fingerprint density at radius 2 is 1.77 bits per heavy atom. The number of carbonyl (C=O) groups is 2. The highest BCUT2D eigenvalue weighted by Gasteiger charge is 2.38. The minimum atomic E-state index is -0.639. The number of benzene rings is 2. The van der Waals surface area contributed by atoms with Crippen molar-refractivity contribution in [3.05, 3.63) is 63.8 Å². The fourth-order valence-electron chi connectivity index (χ4n) is 3.24. The third-order valence-electron chi connectivity index (χ3n) is 4.70. The van der Waals surface area contributed by atoms with Crippen molar-refractivity contribution in [3.8, 4) is 17.2 Å². The van der Waals surface area contributed by atoms with Crippen molar-refractivity contribution in [2.45, 2.75) is 6.92 Å². The van der Waals surface area contributed by atoms with E-state index >= 15 is 0 Å². The van der Waals surface area contributed by atoms with E-state index in [1.54, 1.807) is 43.3 Å². The van der Waals surface area contributed by atoms with Crippen LogP contribution in [-0.2, 0) is 14.3 Å². The summed E-state index contributed by atoms with van der Waals surface area (Å²) in [7, 11) is 4.17. The molecule has 2 aromatic rings. The van der Waals surface area contributed by atoms with Crippen LogP contribution in [0.4, 0.5) is 5.69 Å². The molecule has 0 unspecified atom stereocenters. The van der Waals surface area contributed by atoms with Crippen molar-refractivity contribution in [1.29, 1.82) is 0 Å². The molecule has 0 fully saturated rings. The zero-order chi connectivity index (χ0) is 22.0. The number of methoxy groups -OCH3 is 3. The second-order valence-electron chi connectivity index (χ2n) is 6.40. The molecule has 156 valence electrons. The average Bonchev–Trinajstić information content (AvgIpc) is 2.98. The van der Waals surface area contributed by atoms with Crippen molar-refractivity contribution >= 4 is 35.2 Å². The van der Waals surface area contributed by atoms with Crippen molar-refractivity contribution in [3.63, 3.8) is 0 Å². The van der Waals surface area contributed by atoms with Crippen molar-refractivity contribution < 1.29 is 28.9 Å². The summed E-state index contributed by atoms with van der Waals surface area (Å²) in [5, 5.41) is 10.1. The van der Waals surface area contributed by atoms with E-state index < -0.39 is 11.9 Å². The summed E-state index contributed by atoms with van der Waals surface area (Å²) in [5.41, 5.74) is 1.75. The van der Waals surface area contributed by atoms with Crippen molar-refractivity contribution in [2.24, 2.45) is 0 Å². The Morgan fingerprint density at radius 3 is 2.37 bits per heavy atom. The molecule has 1 N–H and O–H groups in total. The molecule has 8 heteroatoms. The Labute approximate surface area is 178 Å². The van der Waals surface area contributed by atoms with Crippen LogP contribution in [0.15, 0.2) is 53.2 Å².